The molecule has 0 saturated carbocycles. The minimum atomic E-state index is -1.15. The number of benzene rings is 1. The molecule has 0 bridgehead atoms. The molecule has 7 nitrogen and oxygen atoms in total. The molecule has 1 aromatic carbocycles. The largest absolute Gasteiger partial charge is 0.384 e. The fourth-order valence-electron chi connectivity index (χ4n) is 4.71. The van der Waals surface area contributed by atoms with Gasteiger partial charge in [-0.25, -0.2) is 13.8 Å². The Morgan fingerprint density at radius 3 is 2.78 bits per heavy atom. The number of ether oxygens (including phenoxy) is 1. The van der Waals surface area contributed by atoms with Crippen molar-refractivity contribution in [3.63, 3.8) is 0 Å². The van der Waals surface area contributed by atoms with Crippen molar-refractivity contribution in [2.45, 2.75) is 38.3 Å². The van der Waals surface area contributed by atoms with Gasteiger partial charge in [0, 0.05) is 25.3 Å². The average Bonchev–Trinajstić information content (AvgIpc) is 3.48. The fraction of sp³-hybridized carbons (Fsp3) is 0.565. The van der Waals surface area contributed by atoms with Crippen LogP contribution in [0.4, 0.5) is 8.78 Å². The minimum Gasteiger partial charge on any atom is -0.384 e. The van der Waals surface area contributed by atoms with Gasteiger partial charge < -0.3 is 25.0 Å². The van der Waals surface area contributed by atoms with Crippen molar-refractivity contribution in [1.29, 1.82) is 0 Å². The second-order valence-corrected chi connectivity index (χ2v) is 8.73. The van der Waals surface area contributed by atoms with Crippen molar-refractivity contribution in [2.24, 2.45) is 11.8 Å². The summed E-state index contributed by atoms with van der Waals surface area (Å²) in [7, 11) is 0. The zero-order chi connectivity index (χ0) is 22.7. The van der Waals surface area contributed by atoms with E-state index in [-0.39, 0.29) is 23.3 Å². The van der Waals surface area contributed by atoms with Gasteiger partial charge in [-0.15, -0.1) is 0 Å². The van der Waals surface area contributed by atoms with E-state index in [1.54, 1.807) is 4.90 Å². The van der Waals surface area contributed by atoms with Crippen LogP contribution in [0.25, 0.3) is 11.3 Å². The normalized spacial score (nSPS) is 21.4. The van der Waals surface area contributed by atoms with Gasteiger partial charge in [0.15, 0.2) is 0 Å². The van der Waals surface area contributed by atoms with E-state index in [1.165, 1.54) is 13.1 Å². The van der Waals surface area contributed by atoms with Gasteiger partial charge in [-0.2, -0.15) is 0 Å². The Labute approximate surface area is 186 Å². The smallest absolute Gasteiger partial charge is 0.251 e. The number of carbonyl (C=O) groups excluding carboxylic acids is 1. The Kier molecular flexibility index (Phi) is 7.17. The maximum absolute atomic E-state index is 14.3. The number of nitrogens with one attached hydrogen (secondary N) is 2. The predicted octanol–water partition coefficient (Wildman–Crippen LogP) is 2.64. The van der Waals surface area contributed by atoms with E-state index in [2.05, 4.69) is 15.3 Å². The van der Waals surface area contributed by atoms with Crippen LogP contribution in [0.2, 0.25) is 0 Å². The van der Waals surface area contributed by atoms with E-state index >= 15 is 0 Å². The molecule has 0 aliphatic carbocycles. The van der Waals surface area contributed by atoms with Crippen molar-refractivity contribution in [1.82, 2.24) is 20.2 Å². The number of carbonyl (C=O) groups is 1. The number of aliphatic hydroxyl groups is 1. The third-order valence-electron chi connectivity index (χ3n) is 6.40. The molecular formula is C23H30F2N4O3. The highest BCUT2D eigenvalue weighted by Crippen LogP contribution is 2.36. The molecule has 3 atom stereocenters. The number of aromatic amines is 1. The molecule has 1 aromatic heterocycles. The number of aromatic nitrogens is 2. The highest BCUT2D eigenvalue weighted by atomic mass is 19.1. The summed E-state index contributed by atoms with van der Waals surface area (Å²) in [5.41, 5.74) is 0.434. The Morgan fingerprint density at radius 2 is 2.09 bits per heavy atom. The van der Waals surface area contributed by atoms with Gasteiger partial charge in [0.05, 0.1) is 17.9 Å². The molecule has 2 aliphatic heterocycles. The summed E-state index contributed by atoms with van der Waals surface area (Å²) in [6.07, 6.45) is 2.74. The second-order valence-electron chi connectivity index (χ2n) is 8.73. The van der Waals surface area contributed by atoms with Gasteiger partial charge in [0.25, 0.3) is 5.91 Å². The first-order chi connectivity index (χ1) is 15.4. The molecular weight excluding hydrogens is 418 g/mol. The lowest BCUT2D eigenvalue weighted by atomic mass is 9.89. The molecule has 3 N–H and O–H groups in total. The number of hydrogen-bond donors (Lipinski definition) is 3. The van der Waals surface area contributed by atoms with E-state index in [1.807, 2.05) is 0 Å². The van der Waals surface area contributed by atoms with E-state index < -0.39 is 23.8 Å². The molecule has 2 aliphatic rings. The summed E-state index contributed by atoms with van der Waals surface area (Å²) < 4.78 is 33.6. The van der Waals surface area contributed by atoms with Gasteiger partial charge in [0.2, 0.25) is 0 Å². The van der Waals surface area contributed by atoms with Gasteiger partial charge >= 0.3 is 0 Å². The van der Waals surface area contributed by atoms with Crippen LogP contribution in [0.15, 0.2) is 24.4 Å². The summed E-state index contributed by atoms with van der Waals surface area (Å²) in [5.74, 6) is -0.609. The Balaban J connectivity index is 1.71. The second kappa shape index (κ2) is 10.1. The van der Waals surface area contributed by atoms with Gasteiger partial charge in [-0.1, -0.05) is 0 Å². The lowest BCUT2D eigenvalue weighted by Crippen LogP contribution is -2.47. The maximum Gasteiger partial charge on any atom is 0.251 e. The number of imidazole rings is 1. The summed E-state index contributed by atoms with van der Waals surface area (Å²) >= 11 is 0. The van der Waals surface area contributed by atoms with Crippen LogP contribution in [0.5, 0.6) is 0 Å². The summed E-state index contributed by atoms with van der Waals surface area (Å²) in [4.78, 5) is 22.5. The van der Waals surface area contributed by atoms with Crippen molar-refractivity contribution in [3.8, 4) is 11.3 Å². The summed E-state index contributed by atoms with van der Waals surface area (Å²) in [6.45, 7) is 4.82. The van der Waals surface area contributed by atoms with Crippen LogP contribution in [-0.2, 0) is 9.53 Å². The Morgan fingerprint density at radius 1 is 1.31 bits per heavy atom. The monoisotopic (exact) mass is 448 g/mol. The fourth-order valence-corrected chi connectivity index (χ4v) is 4.71. The quantitative estimate of drug-likeness (QED) is 0.606. The summed E-state index contributed by atoms with van der Waals surface area (Å²) in [5, 5.41) is 13.5. The molecule has 0 radical (unpaired) electrons. The minimum absolute atomic E-state index is 0.0668. The van der Waals surface area contributed by atoms with Crippen molar-refractivity contribution in [3.05, 3.63) is 41.9 Å². The zero-order valence-corrected chi connectivity index (χ0v) is 18.2. The molecule has 4 rings (SSSR count). The van der Waals surface area contributed by atoms with E-state index in [0.717, 1.165) is 50.6 Å². The molecule has 0 spiro atoms. The predicted molar refractivity (Wildman–Crippen MR) is 115 cm³/mol. The van der Waals surface area contributed by atoms with Gasteiger partial charge in [-0.05, 0) is 69.3 Å². The summed E-state index contributed by atoms with van der Waals surface area (Å²) in [6, 6.07) is 2.85. The number of rotatable bonds is 7. The molecule has 1 amide bonds. The highest BCUT2D eigenvalue weighted by molar-refractivity contribution is 5.80. The first-order valence-electron chi connectivity index (χ1n) is 11.2. The van der Waals surface area contributed by atoms with Crippen LogP contribution in [0, 0.1) is 23.5 Å². The number of H-pyrrole nitrogens is 1. The third-order valence-corrected chi connectivity index (χ3v) is 6.40. The number of halogens is 2. The topological polar surface area (TPSA) is 90.5 Å². The maximum atomic E-state index is 14.3. The van der Waals surface area contributed by atoms with Crippen LogP contribution >= 0.6 is 0 Å². The van der Waals surface area contributed by atoms with Crippen molar-refractivity contribution in [2.75, 3.05) is 32.8 Å². The molecule has 2 saturated heterocycles. The first kappa shape index (κ1) is 22.8. The molecule has 3 unspecified atom stereocenters. The third kappa shape index (κ3) is 5.00. The van der Waals surface area contributed by atoms with Crippen molar-refractivity contribution >= 4 is 5.91 Å². The van der Waals surface area contributed by atoms with Crippen LogP contribution in [-0.4, -0.2) is 64.8 Å². The first-order valence-corrected chi connectivity index (χ1v) is 11.2. The van der Waals surface area contributed by atoms with Gasteiger partial charge in [0.1, 0.15) is 23.6 Å². The molecule has 2 fully saturated rings. The van der Waals surface area contributed by atoms with Gasteiger partial charge in [-0.3, -0.25) is 4.79 Å². The van der Waals surface area contributed by atoms with Crippen LogP contribution in [0.3, 0.4) is 0 Å². The standard InChI is InChI=1S/C23H30F2N4O3/c1-14(30)23(31)29(13-15-4-7-26-11-15)21(16-5-8-32-9-6-16)22-27-12-20(28-22)18-10-17(24)2-3-19(18)25/h2-3,10,12,14-16,21,26,30H,4-9,11,13H2,1H3,(H,27,28). The lowest BCUT2D eigenvalue weighted by Gasteiger charge is -2.39. The zero-order valence-electron chi connectivity index (χ0n) is 18.2. The Bertz CT molecular complexity index is 924. The van der Waals surface area contributed by atoms with E-state index in [4.69, 9.17) is 4.74 Å². The molecule has 3 heterocycles. The van der Waals surface area contributed by atoms with E-state index in [0.29, 0.717) is 31.3 Å². The van der Waals surface area contributed by atoms with Crippen LogP contribution in [0.1, 0.15) is 38.1 Å². The SMILES string of the molecule is CC(O)C(=O)N(CC1CCNC1)C(c1ncc(-c2cc(F)ccc2F)[nH]1)C1CCOCC1. The number of hydrogen-bond acceptors (Lipinski definition) is 5. The Hall–Kier alpha value is -2.36. The molecule has 32 heavy (non-hydrogen) atoms. The highest BCUT2D eigenvalue weighted by Gasteiger charge is 2.38. The number of aliphatic hydroxyl groups excluding tert-OH is 1. The van der Waals surface area contributed by atoms with E-state index in [9.17, 15) is 18.7 Å². The molecule has 2 aromatic rings. The number of nitrogens with zero attached hydrogens (tertiary/aromatic N) is 2. The van der Waals surface area contributed by atoms with Crippen molar-refractivity contribution < 1.29 is 23.4 Å². The average molecular weight is 449 g/mol. The molecule has 174 valence electrons. The lowest BCUT2D eigenvalue weighted by molar-refractivity contribution is -0.145. The van der Waals surface area contributed by atoms with Crippen LogP contribution < -0.4 is 5.32 Å². The number of amides is 1. The molecule has 9 heteroatoms.